The molecule has 7 nitrogen and oxygen atoms in total. The topological polar surface area (TPSA) is 68.3 Å². The Morgan fingerprint density at radius 1 is 1.03 bits per heavy atom. The van der Waals surface area contributed by atoms with Gasteiger partial charge in [0, 0.05) is 29.1 Å². The summed E-state index contributed by atoms with van der Waals surface area (Å²) in [5.41, 5.74) is 1.63. The maximum atomic E-state index is 13.6. The van der Waals surface area contributed by atoms with E-state index in [0.717, 1.165) is 12.0 Å². The third-order valence-electron chi connectivity index (χ3n) is 6.39. The Morgan fingerprint density at radius 2 is 1.75 bits per heavy atom. The number of thiophene rings is 1. The van der Waals surface area contributed by atoms with Crippen LogP contribution in [0.4, 0.5) is 0 Å². The number of rotatable bonds is 9. The smallest absolute Gasteiger partial charge is 0.254 e. The first-order chi connectivity index (χ1) is 17.4. The fourth-order valence-corrected chi connectivity index (χ4v) is 5.29. The van der Waals surface area contributed by atoms with Crippen molar-refractivity contribution in [1.82, 2.24) is 9.80 Å². The molecule has 190 valence electrons. The Bertz CT molecular complexity index is 1190. The molecule has 1 unspecified atom stereocenters. The van der Waals surface area contributed by atoms with E-state index >= 15 is 0 Å². The summed E-state index contributed by atoms with van der Waals surface area (Å²) in [4.78, 5) is 31.7. The lowest BCUT2D eigenvalue weighted by molar-refractivity contribution is -0.136. The summed E-state index contributed by atoms with van der Waals surface area (Å²) < 4.78 is 16.6. The van der Waals surface area contributed by atoms with Gasteiger partial charge in [0.05, 0.1) is 20.3 Å². The quantitative estimate of drug-likeness (QED) is 0.415. The summed E-state index contributed by atoms with van der Waals surface area (Å²) in [6, 6.07) is 16.1. The molecule has 2 amide bonds. The molecule has 0 aliphatic carbocycles. The summed E-state index contributed by atoms with van der Waals surface area (Å²) in [6.45, 7) is 4.74. The summed E-state index contributed by atoms with van der Waals surface area (Å²) in [6.07, 6.45) is 0.794. The second-order valence-corrected chi connectivity index (χ2v) is 9.90. The summed E-state index contributed by atoms with van der Waals surface area (Å²) >= 11 is 1.71. The average Bonchev–Trinajstić information content (AvgIpc) is 3.39. The molecule has 2 aromatic carbocycles. The second-order valence-electron chi connectivity index (χ2n) is 8.90. The molecular weight excluding hydrogens is 476 g/mol. The molecule has 1 atom stereocenters. The van der Waals surface area contributed by atoms with Crippen molar-refractivity contribution in [3.05, 3.63) is 76.0 Å². The molecule has 1 aromatic heterocycles. The van der Waals surface area contributed by atoms with Crippen molar-refractivity contribution < 1.29 is 23.8 Å². The minimum atomic E-state index is -0.233. The normalized spacial score (nSPS) is 14.8. The standard InChI is InChI=1S/C28H32N2O5S/c1-19(2)30(28(32)20-8-10-21(33-3)11-9-20)17-27(31)29-14-12-26-24(13-15-36-26)25(29)18-35-23-7-5-6-22(16-23)34-4/h5-11,13,15-16,19,25H,12,14,17-18H2,1-4H3. The van der Waals surface area contributed by atoms with E-state index in [1.807, 2.05) is 43.0 Å². The molecule has 0 saturated carbocycles. The molecule has 8 heteroatoms. The number of ether oxygens (including phenoxy) is 3. The van der Waals surface area contributed by atoms with Crippen molar-refractivity contribution in [3.8, 4) is 17.2 Å². The van der Waals surface area contributed by atoms with Crippen LogP contribution in [0, 0.1) is 0 Å². The number of amides is 2. The van der Waals surface area contributed by atoms with Crippen LogP contribution in [-0.2, 0) is 11.2 Å². The number of hydrogen-bond acceptors (Lipinski definition) is 6. The molecule has 4 rings (SSSR count). The van der Waals surface area contributed by atoms with Crippen LogP contribution in [0.5, 0.6) is 17.2 Å². The first-order valence-corrected chi connectivity index (χ1v) is 12.9. The predicted molar refractivity (Wildman–Crippen MR) is 140 cm³/mol. The molecular formula is C28H32N2O5S. The van der Waals surface area contributed by atoms with Gasteiger partial charge in [0.25, 0.3) is 5.91 Å². The summed E-state index contributed by atoms with van der Waals surface area (Å²) in [5, 5.41) is 2.06. The third kappa shape index (κ3) is 5.65. The zero-order valence-electron chi connectivity index (χ0n) is 21.1. The average molecular weight is 509 g/mol. The summed E-state index contributed by atoms with van der Waals surface area (Å²) in [5.74, 6) is 1.80. The van der Waals surface area contributed by atoms with Crippen LogP contribution in [0.3, 0.4) is 0 Å². The van der Waals surface area contributed by atoms with Crippen LogP contribution in [0.1, 0.15) is 40.7 Å². The van der Waals surface area contributed by atoms with E-state index in [4.69, 9.17) is 14.2 Å². The van der Waals surface area contributed by atoms with Gasteiger partial charge in [-0.05, 0) is 73.7 Å². The number of methoxy groups -OCH3 is 2. The SMILES string of the molecule is COc1ccc(C(=O)N(CC(=O)N2CCc3sccc3C2COc2cccc(OC)c2)C(C)C)cc1. The molecule has 0 fully saturated rings. The van der Waals surface area contributed by atoms with E-state index in [1.165, 1.54) is 4.88 Å². The summed E-state index contributed by atoms with van der Waals surface area (Å²) in [7, 11) is 3.20. The van der Waals surface area contributed by atoms with Crippen LogP contribution >= 0.6 is 11.3 Å². The third-order valence-corrected chi connectivity index (χ3v) is 7.39. The van der Waals surface area contributed by atoms with Crippen LogP contribution in [0.2, 0.25) is 0 Å². The number of hydrogen-bond donors (Lipinski definition) is 0. The molecule has 3 aromatic rings. The van der Waals surface area contributed by atoms with Gasteiger partial charge in [0.1, 0.15) is 30.4 Å². The van der Waals surface area contributed by atoms with Crippen LogP contribution in [-0.4, -0.2) is 61.6 Å². The molecule has 1 aliphatic heterocycles. The Balaban J connectivity index is 1.52. The van der Waals surface area contributed by atoms with Gasteiger partial charge in [-0.3, -0.25) is 9.59 Å². The zero-order chi connectivity index (χ0) is 25.7. The van der Waals surface area contributed by atoms with E-state index in [2.05, 4.69) is 11.4 Å². The van der Waals surface area contributed by atoms with Gasteiger partial charge >= 0.3 is 0 Å². The largest absolute Gasteiger partial charge is 0.497 e. The molecule has 0 radical (unpaired) electrons. The van der Waals surface area contributed by atoms with Gasteiger partial charge in [-0.2, -0.15) is 0 Å². The van der Waals surface area contributed by atoms with E-state index in [9.17, 15) is 9.59 Å². The number of carbonyl (C=O) groups excluding carboxylic acids is 2. The van der Waals surface area contributed by atoms with E-state index < -0.39 is 0 Å². The van der Waals surface area contributed by atoms with Crippen LogP contribution in [0.25, 0.3) is 0 Å². The minimum absolute atomic E-state index is 0.00232. The molecule has 0 N–H and O–H groups in total. The van der Waals surface area contributed by atoms with Gasteiger partial charge in [-0.15, -0.1) is 11.3 Å². The van der Waals surface area contributed by atoms with Crippen molar-refractivity contribution in [2.75, 3.05) is 33.9 Å². The fourth-order valence-electron chi connectivity index (χ4n) is 4.37. The minimum Gasteiger partial charge on any atom is -0.497 e. The van der Waals surface area contributed by atoms with Crippen molar-refractivity contribution >= 4 is 23.2 Å². The van der Waals surface area contributed by atoms with Crippen molar-refractivity contribution in [2.24, 2.45) is 0 Å². The van der Waals surface area contributed by atoms with Gasteiger partial charge in [-0.25, -0.2) is 0 Å². The molecule has 1 aliphatic rings. The lowest BCUT2D eigenvalue weighted by Gasteiger charge is -2.37. The Kier molecular flexibility index (Phi) is 8.15. The van der Waals surface area contributed by atoms with Gasteiger partial charge in [0.2, 0.25) is 5.91 Å². The number of fused-ring (bicyclic) bond motifs is 1. The molecule has 36 heavy (non-hydrogen) atoms. The first-order valence-electron chi connectivity index (χ1n) is 12.0. The first kappa shape index (κ1) is 25.6. The highest BCUT2D eigenvalue weighted by Gasteiger charge is 2.34. The monoisotopic (exact) mass is 508 g/mol. The van der Waals surface area contributed by atoms with Crippen LogP contribution in [0.15, 0.2) is 60.0 Å². The van der Waals surface area contributed by atoms with Crippen LogP contribution < -0.4 is 14.2 Å². The van der Waals surface area contributed by atoms with Crippen molar-refractivity contribution in [2.45, 2.75) is 32.4 Å². The fraction of sp³-hybridized carbons (Fsp3) is 0.357. The van der Waals surface area contributed by atoms with Crippen molar-refractivity contribution in [1.29, 1.82) is 0 Å². The second kappa shape index (κ2) is 11.5. The lowest BCUT2D eigenvalue weighted by atomic mass is 10.00. The molecule has 2 heterocycles. The number of nitrogens with zero attached hydrogens (tertiary/aromatic N) is 2. The highest BCUT2D eigenvalue weighted by molar-refractivity contribution is 7.10. The maximum Gasteiger partial charge on any atom is 0.254 e. The predicted octanol–water partition coefficient (Wildman–Crippen LogP) is 4.82. The Hall–Kier alpha value is -3.52. The van der Waals surface area contributed by atoms with E-state index in [-0.39, 0.29) is 30.4 Å². The highest BCUT2D eigenvalue weighted by Crippen LogP contribution is 2.34. The van der Waals surface area contributed by atoms with E-state index in [0.29, 0.717) is 36.0 Å². The highest BCUT2D eigenvalue weighted by atomic mass is 32.1. The Labute approximate surface area is 216 Å². The number of benzene rings is 2. The Morgan fingerprint density at radius 3 is 2.44 bits per heavy atom. The molecule has 0 spiro atoms. The van der Waals surface area contributed by atoms with Gasteiger partial charge in [-0.1, -0.05) is 6.07 Å². The van der Waals surface area contributed by atoms with Gasteiger partial charge in [0.15, 0.2) is 0 Å². The zero-order valence-corrected chi connectivity index (χ0v) is 21.9. The maximum absolute atomic E-state index is 13.6. The number of carbonyl (C=O) groups is 2. The molecule has 0 bridgehead atoms. The van der Waals surface area contributed by atoms with Crippen molar-refractivity contribution in [3.63, 3.8) is 0 Å². The van der Waals surface area contributed by atoms with E-state index in [1.54, 1.807) is 54.7 Å². The molecule has 0 saturated heterocycles. The lowest BCUT2D eigenvalue weighted by Crippen LogP contribution is -2.49. The van der Waals surface area contributed by atoms with Gasteiger partial charge < -0.3 is 24.0 Å².